The predicted octanol–water partition coefficient (Wildman–Crippen LogP) is 3.31. The minimum atomic E-state index is 0.366. The molecule has 0 atom stereocenters. The van der Waals surface area contributed by atoms with E-state index in [1.165, 1.54) is 11.1 Å². The maximum Gasteiger partial charge on any atom is 0.222 e. The fraction of sp³-hybridized carbons (Fsp3) is 0.158. The molecule has 4 heteroatoms. The van der Waals surface area contributed by atoms with E-state index >= 15 is 0 Å². The average molecular weight is 302 g/mol. The van der Waals surface area contributed by atoms with Crippen LogP contribution in [0, 0.1) is 0 Å². The van der Waals surface area contributed by atoms with Crippen LogP contribution >= 0.6 is 0 Å². The molecule has 4 nitrogen and oxygen atoms in total. The monoisotopic (exact) mass is 302 g/mol. The molecule has 0 aliphatic heterocycles. The van der Waals surface area contributed by atoms with E-state index < -0.39 is 0 Å². The summed E-state index contributed by atoms with van der Waals surface area (Å²) in [5, 5.41) is 3.43. The SMILES string of the molecule is Nc1cccc(-c2cnc(NC3Cc4ccccc4C3)nc2)c1. The fourth-order valence-electron chi connectivity index (χ4n) is 3.11. The van der Waals surface area contributed by atoms with E-state index in [2.05, 4.69) is 39.6 Å². The summed E-state index contributed by atoms with van der Waals surface area (Å²) < 4.78 is 0. The summed E-state index contributed by atoms with van der Waals surface area (Å²) in [7, 11) is 0. The molecule has 23 heavy (non-hydrogen) atoms. The minimum absolute atomic E-state index is 0.366. The van der Waals surface area contributed by atoms with Crippen molar-refractivity contribution in [1.29, 1.82) is 0 Å². The van der Waals surface area contributed by atoms with E-state index in [0.29, 0.717) is 12.0 Å². The maximum absolute atomic E-state index is 5.82. The molecule has 0 saturated carbocycles. The second-order valence-electron chi connectivity index (χ2n) is 5.94. The van der Waals surface area contributed by atoms with E-state index in [-0.39, 0.29) is 0 Å². The molecule has 3 N–H and O–H groups in total. The van der Waals surface area contributed by atoms with Crippen LogP contribution in [-0.2, 0) is 12.8 Å². The Kier molecular flexibility index (Phi) is 3.42. The second-order valence-corrected chi connectivity index (χ2v) is 5.94. The molecule has 0 saturated heterocycles. The molecule has 0 amide bonds. The van der Waals surface area contributed by atoms with Crippen LogP contribution in [0.3, 0.4) is 0 Å². The lowest BCUT2D eigenvalue weighted by Crippen LogP contribution is -2.20. The van der Waals surface area contributed by atoms with Crippen molar-refractivity contribution < 1.29 is 0 Å². The van der Waals surface area contributed by atoms with Crippen LogP contribution in [-0.4, -0.2) is 16.0 Å². The van der Waals surface area contributed by atoms with Crippen molar-refractivity contribution >= 4 is 11.6 Å². The van der Waals surface area contributed by atoms with E-state index in [0.717, 1.165) is 29.7 Å². The first kappa shape index (κ1) is 13.8. The summed E-state index contributed by atoms with van der Waals surface area (Å²) in [5.41, 5.74) is 11.4. The average Bonchev–Trinajstić information content (AvgIpc) is 2.98. The molecule has 114 valence electrons. The molecule has 0 unspecified atom stereocenters. The standard InChI is InChI=1S/C19H18N4/c20-17-7-3-6-13(8-17)16-11-21-19(22-12-16)23-18-9-14-4-1-2-5-15(14)10-18/h1-8,11-12,18H,9-10,20H2,(H,21,22,23). The van der Waals surface area contributed by atoms with Gasteiger partial charge in [0, 0.05) is 29.7 Å². The molecule has 2 aromatic carbocycles. The number of rotatable bonds is 3. The van der Waals surface area contributed by atoms with Crippen molar-refractivity contribution in [2.75, 3.05) is 11.1 Å². The number of hydrogen-bond acceptors (Lipinski definition) is 4. The molecule has 1 heterocycles. The number of aromatic nitrogens is 2. The number of nitrogen functional groups attached to an aromatic ring is 1. The Hall–Kier alpha value is -2.88. The lowest BCUT2D eigenvalue weighted by Gasteiger charge is -2.12. The highest BCUT2D eigenvalue weighted by molar-refractivity contribution is 5.66. The van der Waals surface area contributed by atoms with Crippen molar-refractivity contribution in [3.05, 3.63) is 72.1 Å². The summed E-state index contributed by atoms with van der Waals surface area (Å²) >= 11 is 0. The van der Waals surface area contributed by atoms with E-state index in [4.69, 9.17) is 5.73 Å². The number of hydrogen-bond donors (Lipinski definition) is 2. The fourth-order valence-corrected chi connectivity index (χ4v) is 3.11. The lowest BCUT2D eigenvalue weighted by molar-refractivity contribution is 0.762. The molecule has 1 aliphatic carbocycles. The third-order valence-electron chi connectivity index (χ3n) is 4.26. The highest BCUT2D eigenvalue weighted by Crippen LogP contribution is 2.24. The number of benzene rings is 2. The molecular weight excluding hydrogens is 284 g/mol. The Morgan fingerprint density at radius 2 is 1.57 bits per heavy atom. The summed E-state index contributed by atoms with van der Waals surface area (Å²) in [6.07, 6.45) is 5.73. The third kappa shape index (κ3) is 2.88. The van der Waals surface area contributed by atoms with Gasteiger partial charge in [0.25, 0.3) is 0 Å². The van der Waals surface area contributed by atoms with Crippen molar-refractivity contribution in [2.24, 2.45) is 0 Å². The second kappa shape index (κ2) is 5.72. The number of fused-ring (bicyclic) bond motifs is 1. The molecule has 1 aromatic heterocycles. The van der Waals surface area contributed by atoms with Gasteiger partial charge in [0.1, 0.15) is 0 Å². The largest absolute Gasteiger partial charge is 0.399 e. The summed E-state index contributed by atoms with van der Waals surface area (Å²) in [6, 6.07) is 16.7. The molecule has 0 spiro atoms. The summed E-state index contributed by atoms with van der Waals surface area (Å²) in [5.74, 6) is 0.676. The lowest BCUT2D eigenvalue weighted by atomic mass is 10.1. The van der Waals surface area contributed by atoms with Gasteiger partial charge in [0.15, 0.2) is 0 Å². The van der Waals surface area contributed by atoms with Gasteiger partial charge in [-0.05, 0) is 41.7 Å². The zero-order chi connectivity index (χ0) is 15.6. The molecule has 1 aliphatic rings. The first-order valence-electron chi connectivity index (χ1n) is 7.79. The topological polar surface area (TPSA) is 63.8 Å². The number of nitrogens with one attached hydrogen (secondary N) is 1. The summed E-state index contributed by atoms with van der Waals surface area (Å²) in [4.78, 5) is 8.90. The minimum Gasteiger partial charge on any atom is -0.399 e. The smallest absolute Gasteiger partial charge is 0.222 e. The quantitative estimate of drug-likeness (QED) is 0.729. The number of anilines is 2. The van der Waals surface area contributed by atoms with Gasteiger partial charge in [-0.15, -0.1) is 0 Å². The van der Waals surface area contributed by atoms with Crippen LogP contribution in [0.25, 0.3) is 11.1 Å². The van der Waals surface area contributed by atoms with Crippen molar-refractivity contribution in [2.45, 2.75) is 18.9 Å². The van der Waals surface area contributed by atoms with Crippen LogP contribution < -0.4 is 11.1 Å². The zero-order valence-corrected chi connectivity index (χ0v) is 12.7. The van der Waals surface area contributed by atoms with Crippen molar-refractivity contribution in [3.63, 3.8) is 0 Å². The Labute approximate surface area is 135 Å². The molecule has 0 fully saturated rings. The Morgan fingerprint density at radius 3 is 2.22 bits per heavy atom. The van der Waals surface area contributed by atoms with E-state index in [1.807, 2.05) is 36.7 Å². The van der Waals surface area contributed by atoms with Crippen LogP contribution in [0.4, 0.5) is 11.6 Å². The zero-order valence-electron chi connectivity index (χ0n) is 12.7. The maximum atomic E-state index is 5.82. The van der Waals surface area contributed by atoms with E-state index in [9.17, 15) is 0 Å². The Balaban J connectivity index is 1.47. The predicted molar refractivity (Wildman–Crippen MR) is 93.1 cm³/mol. The highest BCUT2D eigenvalue weighted by Gasteiger charge is 2.21. The van der Waals surface area contributed by atoms with Crippen LogP contribution in [0.5, 0.6) is 0 Å². The number of nitrogens with two attached hydrogens (primary N) is 1. The number of nitrogens with zero attached hydrogens (tertiary/aromatic N) is 2. The highest BCUT2D eigenvalue weighted by atomic mass is 15.1. The van der Waals surface area contributed by atoms with Crippen molar-refractivity contribution in [1.82, 2.24) is 9.97 Å². The molecule has 0 bridgehead atoms. The van der Waals surface area contributed by atoms with Gasteiger partial charge in [-0.2, -0.15) is 0 Å². The molecule has 4 rings (SSSR count). The van der Waals surface area contributed by atoms with Crippen LogP contribution in [0.1, 0.15) is 11.1 Å². The van der Waals surface area contributed by atoms with Crippen molar-refractivity contribution in [3.8, 4) is 11.1 Å². The first-order chi connectivity index (χ1) is 11.3. The Morgan fingerprint density at radius 1 is 0.870 bits per heavy atom. The van der Waals surface area contributed by atoms with Gasteiger partial charge in [0.05, 0.1) is 0 Å². The van der Waals surface area contributed by atoms with Crippen LogP contribution in [0.15, 0.2) is 60.9 Å². The van der Waals surface area contributed by atoms with Gasteiger partial charge >= 0.3 is 0 Å². The van der Waals surface area contributed by atoms with Gasteiger partial charge < -0.3 is 11.1 Å². The van der Waals surface area contributed by atoms with Gasteiger partial charge in [0.2, 0.25) is 5.95 Å². The van der Waals surface area contributed by atoms with E-state index in [1.54, 1.807) is 0 Å². The van der Waals surface area contributed by atoms with Crippen LogP contribution in [0.2, 0.25) is 0 Å². The van der Waals surface area contributed by atoms with Gasteiger partial charge in [-0.1, -0.05) is 36.4 Å². The third-order valence-corrected chi connectivity index (χ3v) is 4.26. The first-order valence-corrected chi connectivity index (χ1v) is 7.79. The van der Waals surface area contributed by atoms with Gasteiger partial charge in [-0.3, -0.25) is 0 Å². The Bertz CT molecular complexity index is 802. The molecule has 0 radical (unpaired) electrons. The summed E-state index contributed by atoms with van der Waals surface area (Å²) in [6.45, 7) is 0. The molecular formula is C19H18N4. The molecule has 3 aromatic rings. The van der Waals surface area contributed by atoms with Gasteiger partial charge in [-0.25, -0.2) is 9.97 Å². The normalized spacial score (nSPS) is 13.7.